The lowest BCUT2D eigenvalue weighted by Crippen LogP contribution is -2.64. The van der Waals surface area contributed by atoms with E-state index in [1.54, 1.807) is 0 Å². The SMILES string of the molecule is Cc1sc(/C(C#N)=C2\C(F)=c3c4c(c5c(c3=C2F)=C(F)/C(=C(/C#N)c2nc(C(F)(F)F)c(C#N)s2)C=5F)=C(F)/C(=C(/C#N)c2nc(C(F)(F)F)c(C#N)s2)C=4F)nc1C(F)(F)F. The summed E-state index contributed by atoms with van der Waals surface area (Å²) in [5.74, 6) is -13.3. The molecule has 0 unspecified atom stereocenters. The smallest absolute Gasteiger partial charge is 0.230 e. The monoisotopic (exact) mass is 928 g/mol. The van der Waals surface area contributed by atoms with Gasteiger partial charge in [-0.25, -0.2) is 41.3 Å². The van der Waals surface area contributed by atoms with E-state index in [1.807, 2.05) is 0 Å². The molecule has 0 radical (unpaired) electrons. The maximum absolute atomic E-state index is 16.9. The number of rotatable bonds is 3. The Morgan fingerprint density at radius 3 is 0.855 bits per heavy atom. The maximum atomic E-state index is 16.9. The lowest BCUT2D eigenvalue weighted by molar-refractivity contribution is -0.141. The molecule has 3 aliphatic rings. The quantitative estimate of drug-likeness (QED) is 0.164. The highest BCUT2D eigenvalue weighted by Gasteiger charge is 2.43. The number of nitriles is 5. The second-order valence-electron chi connectivity index (χ2n) is 12.3. The van der Waals surface area contributed by atoms with Crippen molar-refractivity contribution in [1.29, 1.82) is 26.3 Å². The van der Waals surface area contributed by atoms with E-state index in [2.05, 4.69) is 15.0 Å². The number of allylic oxidation sites excluding steroid dienone is 6. The topological polar surface area (TPSA) is 158 Å². The number of benzene rings is 1. The van der Waals surface area contributed by atoms with Crippen LogP contribution in [0.4, 0.5) is 65.9 Å². The Morgan fingerprint density at radius 1 is 0.419 bits per heavy atom. The molecule has 8 nitrogen and oxygen atoms in total. The van der Waals surface area contributed by atoms with E-state index in [9.17, 15) is 65.8 Å². The van der Waals surface area contributed by atoms with Crippen molar-refractivity contribution in [2.24, 2.45) is 0 Å². The highest BCUT2D eigenvalue weighted by atomic mass is 32.1. The van der Waals surface area contributed by atoms with Crippen LogP contribution in [0.2, 0.25) is 0 Å². The minimum atomic E-state index is -5.40. The maximum Gasteiger partial charge on any atom is 0.435 e. The van der Waals surface area contributed by atoms with Gasteiger partial charge in [0.2, 0.25) is 0 Å². The van der Waals surface area contributed by atoms with Gasteiger partial charge in [0.25, 0.3) is 0 Å². The standard InChI is InChI=1S/C36H3F15N8S3/c1-7-28(34(43,44)45)57-31(60-7)8(2-52)13-22(37)16-17(23(13)38)19-21(27(42)15(25(19)40)10(4-54)33-59-30(36(49,50)51)12(6-56)62-33)20-18(16)24(39)14(26(20)41)9(3-53)32-58-29(35(46,47)48)11(5-55)61-32/h1H3/b13-8-,14-9+,15-10-. The molecule has 0 aliphatic heterocycles. The Bertz CT molecular complexity index is 3370. The number of aryl methyl sites for hydroxylation is 1. The molecular weight excluding hydrogens is 926 g/mol. The Morgan fingerprint density at radius 2 is 0.661 bits per heavy atom. The zero-order valence-corrected chi connectivity index (χ0v) is 31.4. The van der Waals surface area contributed by atoms with Crippen molar-refractivity contribution < 1.29 is 65.9 Å². The highest BCUT2D eigenvalue weighted by Crippen LogP contribution is 2.43. The van der Waals surface area contributed by atoms with E-state index in [0.29, 0.717) is 0 Å². The molecular formula is C36H3F15N8S3. The van der Waals surface area contributed by atoms with Crippen molar-refractivity contribution in [2.75, 3.05) is 0 Å². The molecule has 62 heavy (non-hydrogen) atoms. The molecule has 0 saturated carbocycles. The van der Waals surface area contributed by atoms with Crippen molar-refractivity contribution in [2.45, 2.75) is 25.5 Å². The summed E-state index contributed by atoms with van der Waals surface area (Å²) in [7, 11) is 0. The first-order valence-corrected chi connectivity index (χ1v) is 18.2. The van der Waals surface area contributed by atoms with E-state index in [0.717, 1.165) is 31.2 Å². The van der Waals surface area contributed by atoms with Crippen LogP contribution < -0.4 is 31.3 Å². The van der Waals surface area contributed by atoms with E-state index in [1.165, 1.54) is 6.07 Å². The summed E-state index contributed by atoms with van der Waals surface area (Å²) in [5, 5.41) is 35.2. The molecule has 0 fully saturated rings. The predicted octanol–water partition coefficient (Wildman–Crippen LogP) is 6.60. The summed E-state index contributed by atoms with van der Waals surface area (Å²) in [5.41, 5.74) is -15.1. The van der Waals surface area contributed by atoms with Gasteiger partial charge in [-0.3, -0.25) is 0 Å². The Kier molecular flexibility index (Phi) is 9.91. The van der Waals surface area contributed by atoms with Crippen LogP contribution in [0.3, 0.4) is 0 Å². The Labute approximate surface area is 342 Å². The lowest BCUT2D eigenvalue weighted by atomic mass is 10.1. The fourth-order valence-corrected chi connectivity index (χ4v) is 9.25. The van der Waals surface area contributed by atoms with Crippen LogP contribution >= 0.6 is 34.0 Å². The van der Waals surface area contributed by atoms with Crippen molar-refractivity contribution in [3.8, 4) is 30.3 Å². The lowest BCUT2D eigenvalue weighted by Gasteiger charge is -2.03. The van der Waals surface area contributed by atoms with Crippen molar-refractivity contribution in [3.05, 3.63) is 94.8 Å². The van der Waals surface area contributed by atoms with Gasteiger partial charge in [-0.15, -0.1) is 34.0 Å². The first-order valence-electron chi connectivity index (χ1n) is 15.8. The molecule has 1 aromatic carbocycles. The van der Waals surface area contributed by atoms with Gasteiger partial charge in [-0.2, -0.15) is 65.8 Å². The normalized spacial score (nSPS) is 17.3. The zero-order chi connectivity index (χ0) is 45.9. The molecule has 7 rings (SSSR count). The van der Waals surface area contributed by atoms with Gasteiger partial charge in [0.05, 0.1) is 16.7 Å². The zero-order valence-electron chi connectivity index (χ0n) is 29.0. The highest BCUT2D eigenvalue weighted by molar-refractivity contribution is 7.14. The third kappa shape index (κ3) is 6.11. The molecule has 0 atom stereocenters. The number of fused-ring (bicyclic) bond motifs is 6. The van der Waals surface area contributed by atoms with Crippen LogP contribution in [0, 0.1) is 63.6 Å². The molecule has 3 heterocycles. The number of thiazole rings is 3. The number of hydrogen-bond acceptors (Lipinski definition) is 11. The second kappa shape index (κ2) is 14.3. The molecule has 0 saturated heterocycles. The van der Waals surface area contributed by atoms with E-state index < -0.39 is 165 Å². The third-order valence-electron chi connectivity index (χ3n) is 8.92. The summed E-state index contributed by atoms with van der Waals surface area (Å²) in [6, 6.07) is 5.74. The van der Waals surface area contributed by atoms with Crippen molar-refractivity contribution in [1.82, 2.24) is 15.0 Å². The summed E-state index contributed by atoms with van der Waals surface area (Å²) in [6.45, 7) is 0.847. The number of hydrogen-bond donors (Lipinski definition) is 0. The van der Waals surface area contributed by atoms with Gasteiger partial charge >= 0.3 is 18.5 Å². The van der Waals surface area contributed by atoms with E-state index >= 15 is 26.3 Å². The molecule has 4 aromatic rings. The van der Waals surface area contributed by atoms with Crippen LogP contribution in [-0.4, -0.2) is 15.0 Å². The number of nitrogens with zero attached hydrogens (tertiary/aromatic N) is 8. The van der Waals surface area contributed by atoms with Crippen LogP contribution in [0.15, 0.2) is 16.7 Å². The van der Waals surface area contributed by atoms with Crippen LogP contribution in [0.5, 0.6) is 0 Å². The van der Waals surface area contributed by atoms with Gasteiger partial charge in [-0.1, -0.05) is 0 Å². The number of halogens is 15. The summed E-state index contributed by atoms with van der Waals surface area (Å²) in [6.07, 6.45) is -16.0. The Hall–Kier alpha value is -7.05. The largest absolute Gasteiger partial charge is 0.435 e. The predicted molar refractivity (Wildman–Crippen MR) is 184 cm³/mol. The third-order valence-corrected chi connectivity index (χ3v) is 11.9. The summed E-state index contributed by atoms with van der Waals surface area (Å²) >= 11 is -0.420. The van der Waals surface area contributed by atoms with Crippen molar-refractivity contribution in [3.63, 3.8) is 0 Å². The van der Waals surface area contributed by atoms with Crippen LogP contribution in [0.25, 0.3) is 51.7 Å². The van der Waals surface area contributed by atoms with Crippen LogP contribution in [0.1, 0.15) is 46.7 Å². The van der Waals surface area contributed by atoms with Gasteiger partial charge in [0.15, 0.2) is 17.1 Å². The van der Waals surface area contributed by atoms with Gasteiger partial charge in [0.1, 0.15) is 107 Å². The number of alkyl halides is 9. The van der Waals surface area contributed by atoms with Crippen molar-refractivity contribution >= 4 is 85.7 Å². The minimum Gasteiger partial charge on any atom is -0.230 e. The number of aromatic nitrogens is 3. The molecule has 310 valence electrons. The molecule has 26 heteroatoms. The minimum absolute atomic E-state index is 0.0566. The van der Waals surface area contributed by atoms with Gasteiger partial charge in [-0.05, 0) is 6.92 Å². The molecule has 0 N–H and O–H groups in total. The summed E-state index contributed by atoms with van der Waals surface area (Å²) in [4.78, 5) is 6.23. The fourth-order valence-electron chi connectivity index (χ4n) is 6.55. The molecule has 0 amide bonds. The first kappa shape index (κ1) is 43.1. The second-order valence-corrected chi connectivity index (χ2v) is 15.5. The Balaban J connectivity index is 1.76. The average Bonchev–Trinajstić information content (AvgIpc) is 4.03. The van der Waals surface area contributed by atoms with E-state index in [-0.39, 0.29) is 34.0 Å². The molecule has 3 aromatic heterocycles. The molecule has 3 aliphatic carbocycles. The van der Waals surface area contributed by atoms with Gasteiger partial charge in [0, 0.05) is 36.2 Å². The average molecular weight is 929 g/mol. The molecule has 0 spiro atoms. The van der Waals surface area contributed by atoms with E-state index in [4.69, 9.17) is 0 Å². The van der Waals surface area contributed by atoms with Gasteiger partial charge < -0.3 is 0 Å². The summed E-state index contributed by atoms with van der Waals surface area (Å²) < 4.78 is 225. The fraction of sp³-hybridized carbons (Fsp3) is 0.111. The first-order chi connectivity index (χ1) is 28.9. The molecule has 0 bridgehead atoms. The van der Waals surface area contributed by atoms with Crippen LogP contribution in [-0.2, 0) is 18.5 Å².